The molecule has 3 nitrogen and oxygen atoms in total. The first-order valence-corrected chi connectivity index (χ1v) is 8.70. The number of carbonyl (C=O) groups excluding carboxylic acids is 1. The van der Waals surface area contributed by atoms with Crippen LogP contribution < -0.4 is 10.1 Å². The number of methoxy groups -OCH3 is 1. The lowest BCUT2D eigenvalue weighted by atomic mass is 9.96. The first kappa shape index (κ1) is 17.4. The Labute approximate surface area is 142 Å². The summed E-state index contributed by atoms with van der Waals surface area (Å²) in [6, 6.07) is 17.9. The maximum Gasteiger partial charge on any atom is 0.230 e. The molecular formula is C19H23NO2S. The number of carbonyl (C=O) groups is 1. The number of amides is 1. The molecule has 4 heteroatoms. The van der Waals surface area contributed by atoms with Crippen LogP contribution in [-0.4, -0.2) is 18.8 Å². The second-order valence-corrected chi connectivity index (χ2v) is 6.71. The fourth-order valence-electron chi connectivity index (χ4n) is 2.33. The minimum atomic E-state index is 0.0418. The van der Waals surface area contributed by atoms with E-state index < -0.39 is 0 Å². The van der Waals surface area contributed by atoms with Gasteiger partial charge >= 0.3 is 0 Å². The second-order valence-electron chi connectivity index (χ2n) is 5.66. The monoisotopic (exact) mass is 329 g/mol. The van der Waals surface area contributed by atoms with Crippen LogP contribution >= 0.6 is 11.8 Å². The molecule has 122 valence electrons. The Kier molecular flexibility index (Phi) is 6.53. The van der Waals surface area contributed by atoms with E-state index in [0.717, 1.165) is 16.2 Å². The van der Waals surface area contributed by atoms with Crippen molar-refractivity contribution in [3.05, 3.63) is 60.2 Å². The molecule has 0 aliphatic rings. The lowest BCUT2D eigenvalue weighted by molar-refractivity contribution is -0.119. The maximum atomic E-state index is 12.3. The summed E-state index contributed by atoms with van der Waals surface area (Å²) in [6.07, 6.45) is 0. The molecule has 1 N–H and O–H groups in total. The molecule has 2 aromatic carbocycles. The standard InChI is InChI=1S/C19H23NO2S/c1-14(2)19(15-7-5-4-6-8-15)20-18(21)13-23-17-11-9-16(22-3)10-12-17/h4-12,14,19H,13H2,1-3H3,(H,20,21). The van der Waals surface area contributed by atoms with Crippen molar-refractivity contribution in [1.29, 1.82) is 0 Å². The van der Waals surface area contributed by atoms with E-state index in [1.165, 1.54) is 11.8 Å². The lowest BCUT2D eigenvalue weighted by Gasteiger charge is -2.23. The molecule has 0 radical (unpaired) electrons. The summed E-state index contributed by atoms with van der Waals surface area (Å²) in [5, 5.41) is 3.14. The number of ether oxygens (including phenoxy) is 1. The first-order valence-electron chi connectivity index (χ1n) is 7.71. The molecule has 0 aliphatic carbocycles. The van der Waals surface area contributed by atoms with Crippen molar-refractivity contribution in [2.75, 3.05) is 12.9 Å². The highest BCUT2D eigenvalue weighted by Gasteiger charge is 2.18. The van der Waals surface area contributed by atoms with Crippen LogP contribution in [0.3, 0.4) is 0 Å². The zero-order chi connectivity index (χ0) is 16.7. The van der Waals surface area contributed by atoms with E-state index >= 15 is 0 Å². The number of hydrogen-bond donors (Lipinski definition) is 1. The summed E-state index contributed by atoms with van der Waals surface area (Å²) >= 11 is 1.53. The van der Waals surface area contributed by atoms with Crippen LogP contribution in [0, 0.1) is 5.92 Å². The molecule has 1 amide bonds. The Hall–Kier alpha value is -1.94. The van der Waals surface area contributed by atoms with Gasteiger partial charge in [0, 0.05) is 4.90 Å². The Balaban J connectivity index is 1.91. The quantitative estimate of drug-likeness (QED) is 0.770. The van der Waals surface area contributed by atoms with Crippen LogP contribution in [0.15, 0.2) is 59.5 Å². The second kappa shape index (κ2) is 8.63. The third-order valence-electron chi connectivity index (χ3n) is 3.57. The highest BCUT2D eigenvalue weighted by Crippen LogP contribution is 2.23. The van der Waals surface area contributed by atoms with Crippen molar-refractivity contribution in [3.63, 3.8) is 0 Å². The minimum absolute atomic E-state index is 0.0418. The van der Waals surface area contributed by atoms with Crippen LogP contribution in [0.2, 0.25) is 0 Å². The lowest BCUT2D eigenvalue weighted by Crippen LogP contribution is -2.32. The van der Waals surface area contributed by atoms with Gasteiger partial charge in [0.1, 0.15) is 5.75 Å². The summed E-state index contributed by atoms with van der Waals surface area (Å²) in [4.78, 5) is 13.3. The summed E-state index contributed by atoms with van der Waals surface area (Å²) < 4.78 is 5.13. The van der Waals surface area contributed by atoms with Gasteiger partial charge in [0.25, 0.3) is 0 Å². The van der Waals surface area contributed by atoms with E-state index in [1.807, 2.05) is 42.5 Å². The molecular weight excluding hydrogens is 306 g/mol. The predicted octanol–water partition coefficient (Wildman–Crippen LogP) is 4.30. The Bertz CT molecular complexity index is 611. The van der Waals surface area contributed by atoms with Gasteiger partial charge in [-0.15, -0.1) is 11.8 Å². The molecule has 1 atom stereocenters. The third kappa shape index (κ3) is 5.32. The van der Waals surface area contributed by atoms with Gasteiger partial charge in [-0.3, -0.25) is 4.79 Å². The smallest absolute Gasteiger partial charge is 0.230 e. The minimum Gasteiger partial charge on any atom is -0.497 e. The highest BCUT2D eigenvalue weighted by molar-refractivity contribution is 8.00. The van der Waals surface area contributed by atoms with Crippen LogP contribution in [0.1, 0.15) is 25.5 Å². The summed E-state index contributed by atoms with van der Waals surface area (Å²) in [5.41, 5.74) is 1.14. The zero-order valence-corrected chi connectivity index (χ0v) is 14.6. The van der Waals surface area contributed by atoms with Crippen LogP contribution in [-0.2, 0) is 4.79 Å². The van der Waals surface area contributed by atoms with Gasteiger partial charge in [-0.1, -0.05) is 44.2 Å². The topological polar surface area (TPSA) is 38.3 Å². The predicted molar refractivity (Wildman–Crippen MR) is 95.9 cm³/mol. The van der Waals surface area contributed by atoms with Gasteiger partial charge in [0.05, 0.1) is 18.9 Å². The van der Waals surface area contributed by atoms with E-state index in [-0.39, 0.29) is 11.9 Å². The molecule has 2 aromatic rings. The first-order chi connectivity index (χ1) is 11.1. The van der Waals surface area contributed by atoms with E-state index in [2.05, 4.69) is 31.3 Å². The van der Waals surface area contributed by atoms with E-state index in [9.17, 15) is 4.79 Å². The third-order valence-corrected chi connectivity index (χ3v) is 4.58. The van der Waals surface area contributed by atoms with Crippen LogP contribution in [0.25, 0.3) is 0 Å². The van der Waals surface area contributed by atoms with Crippen molar-refractivity contribution < 1.29 is 9.53 Å². The molecule has 0 heterocycles. The average Bonchev–Trinajstić information content (AvgIpc) is 2.58. The SMILES string of the molecule is COc1ccc(SCC(=O)NC(c2ccccc2)C(C)C)cc1. The van der Waals surface area contributed by atoms with Gasteiger partial charge in [0.15, 0.2) is 0 Å². The highest BCUT2D eigenvalue weighted by atomic mass is 32.2. The number of rotatable bonds is 7. The normalized spacial score (nSPS) is 12.0. The molecule has 0 aromatic heterocycles. The maximum absolute atomic E-state index is 12.3. The summed E-state index contributed by atoms with van der Waals surface area (Å²) in [7, 11) is 1.64. The number of thioether (sulfide) groups is 1. The van der Waals surface area contributed by atoms with Crippen molar-refractivity contribution in [3.8, 4) is 5.75 Å². The van der Waals surface area contributed by atoms with Crippen molar-refractivity contribution in [1.82, 2.24) is 5.32 Å². The molecule has 0 fully saturated rings. The average molecular weight is 329 g/mol. The van der Waals surface area contributed by atoms with Crippen LogP contribution in [0.4, 0.5) is 0 Å². The largest absolute Gasteiger partial charge is 0.497 e. The molecule has 0 saturated carbocycles. The van der Waals surface area contributed by atoms with E-state index in [4.69, 9.17) is 4.74 Å². The van der Waals surface area contributed by atoms with Crippen molar-refractivity contribution in [2.24, 2.45) is 5.92 Å². The van der Waals surface area contributed by atoms with Crippen LogP contribution in [0.5, 0.6) is 5.75 Å². The summed E-state index contributed by atoms with van der Waals surface area (Å²) in [5.74, 6) is 1.62. The van der Waals surface area contributed by atoms with Crippen molar-refractivity contribution in [2.45, 2.75) is 24.8 Å². The number of nitrogens with one attached hydrogen (secondary N) is 1. The molecule has 1 unspecified atom stereocenters. The molecule has 0 spiro atoms. The number of benzene rings is 2. The van der Waals surface area contributed by atoms with E-state index in [0.29, 0.717) is 11.7 Å². The fraction of sp³-hybridized carbons (Fsp3) is 0.316. The molecule has 0 saturated heterocycles. The zero-order valence-electron chi connectivity index (χ0n) is 13.8. The number of hydrogen-bond acceptors (Lipinski definition) is 3. The summed E-state index contributed by atoms with van der Waals surface area (Å²) in [6.45, 7) is 4.24. The molecule has 23 heavy (non-hydrogen) atoms. The Morgan fingerprint density at radius 3 is 2.30 bits per heavy atom. The molecule has 0 aliphatic heterocycles. The van der Waals surface area contributed by atoms with Gasteiger partial charge in [-0.2, -0.15) is 0 Å². The van der Waals surface area contributed by atoms with Gasteiger partial charge in [0.2, 0.25) is 5.91 Å². The van der Waals surface area contributed by atoms with Gasteiger partial charge in [-0.25, -0.2) is 0 Å². The fourth-order valence-corrected chi connectivity index (χ4v) is 3.04. The van der Waals surface area contributed by atoms with Gasteiger partial charge in [-0.05, 0) is 35.7 Å². The Morgan fingerprint density at radius 1 is 1.09 bits per heavy atom. The van der Waals surface area contributed by atoms with E-state index in [1.54, 1.807) is 7.11 Å². The Morgan fingerprint density at radius 2 is 1.74 bits per heavy atom. The van der Waals surface area contributed by atoms with Gasteiger partial charge < -0.3 is 10.1 Å². The van der Waals surface area contributed by atoms with Crippen molar-refractivity contribution >= 4 is 17.7 Å². The molecule has 0 bridgehead atoms. The molecule has 2 rings (SSSR count).